The molecule has 0 spiro atoms. The SMILES string of the molecule is Cc1cc(C(=O)OC2[C@H](OC(=O)c3cc(O)c(O)c(O)c3)OC3COC(=O)c4cc(Oc5c(-c6cc(O)c(O)c(O)c6)[o+]c6cc(O)cc7c6c5-c5c(C(=O)O)cc(O)c(O)c5O7)c(O)c(O)c4-c4c(cc(O)c(O)c4O)C(=O)O[C@H]3[C@@H]2OC(=O)c2cc(O)c(O)c(O)c2)cc(O)c1O. The maximum Gasteiger partial charge on any atom is 0.403 e. The van der Waals surface area contributed by atoms with Crippen molar-refractivity contribution in [2.75, 3.05) is 6.61 Å². The molecule has 35 heteroatoms. The van der Waals surface area contributed by atoms with Crippen LogP contribution in [0.15, 0.2) is 83.3 Å². The van der Waals surface area contributed by atoms with E-state index in [9.17, 15) is 121 Å². The second-order valence-corrected chi connectivity index (χ2v) is 21.9. The predicted molar refractivity (Wildman–Crippen MR) is 318 cm³/mol. The van der Waals surface area contributed by atoms with E-state index in [0.29, 0.717) is 48.5 Å². The van der Waals surface area contributed by atoms with Gasteiger partial charge in [-0.05, 0) is 61.0 Å². The summed E-state index contributed by atoms with van der Waals surface area (Å²) in [6, 6.07) is 8.22. The van der Waals surface area contributed by atoms with Gasteiger partial charge in [0.05, 0.1) is 50.6 Å². The fourth-order valence-corrected chi connectivity index (χ4v) is 11.0. The van der Waals surface area contributed by atoms with Gasteiger partial charge in [0.2, 0.25) is 35.4 Å². The van der Waals surface area contributed by atoms with E-state index < -0.39 is 278 Å². The third kappa shape index (κ3) is 10.9. The third-order valence-electron chi connectivity index (χ3n) is 15.7. The molecule has 0 amide bonds. The van der Waals surface area contributed by atoms with E-state index >= 15 is 9.59 Å². The molecule has 508 valence electrons. The first-order valence-electron chi connectivity index (χ1n) is 27.9. The summed E-state index contributed by atoms with van der Waals surface area (Å²) in [4.78, 5) is 86.6. The molecule has 0 saturated carbocycles. The highest BCUT2D eigenvalue weighted by Crippen LogP contribution is 2.62. The number of benzene rings is 8. The Bertz CT molecular complexity index is 5000. The zero-order valence-electron chi connectivity index (χ0n) is 49.2. The Balaban J connectivity index is 1.07. The number of phenolic OH excluding ortho intramolecular Hbond substituents is 19. The highest BCUT2D eigenvalue weighted by molar-refractivity contribution is 6.13. The van der Waals surface area contributed by atoms with E-state index in [-0.39, 0.29) is 10.9 Å². The average Bonchev–Trinajstić information content (AvgIpc) is 0.856. The van der Waals surface area contributed by atoms with Gasteiger partial charge in [0.1, 0.15) is 29.6 Å². The largest absolute Gasteiger partial charge is 0.507 e. The monoisotopic (exact) mass is 1370 g/mol. The minimum Gasteiger partial charge on any atom is -0.507 e. The van der Waals surface area contributed by atoms with Crippen molar-refractivity contribution in [2.24, 2.45) is 0 Å². The minimum absolute atomic E-state index is 0.185. The molecule has 5 atom stereocenters. The Morgan fingerprint density at radius 3 is 1.55 bits per heavy atom. The molecule has 1 aromatic heterocycles. The van der Waals surface area contributed by atoms with Crippen molar-refractivity contribution >= 4 is 46.8 Å². The van der Waals surface area contributed by atoms with Gasteiger partial charge in [-0.3, -0.25) is 0 Å². The van der Waals surface area contributed by atoms with Gasteiger partial charge in [0.15, 0.2) is 110 Å². The van der Waals surface area contributed by atoms with Crippen LogP contribution in [0, 0.1) is 6.92 Å². The normalized spacial score (nSPS) is 16.8. The molecule has 0 aliphatic carbocycles. The van der Waals surface area contributed by atoms with Gasteiger partial charge in [-0.25, -0.2) is 33.2 Å². The number of carbonyl (C=O) groups is 6. The number of aromatic hydroxyl groups is 19. The number of aryl methyl sites for hydroxylation is 1. The lowest BCUT2D eigenvalue weighted by Gasteiger charge is -2.43. The van der Waals surface area contributed by atoms with Crippen LogP contribution in [0.4, 0.5) is 0 Å². The zero-order valence-corrected chi connectivity index (χ0v) is 49.2. The molecule has 99 heavy (non-hydrogen) atoms. The number of carboxylic acid groups (broad SMARTS) is 1. The minimum atomic E-state index is -2.67. The Morgan fingerprint density at radius 2 is 0.980 bits per heavy atom. The summed E-state index contributed by atoms with van der Waals surface area (Å²) in [7, 11) is 0. The first-order chi connectivity index (χ1) is 46.7. The standard InChI is InChI=1S/C64H42O35/c1-16-2-18(5-25(66)43(16)75)59(86)98-57-56(97-60(87)19-6-28(69)45(77)29(70)7-19)53-37(95-64(57)99-61(88)20-8-30(71)46(78)31(72)9-20)15-91-62(89)24-14-36(49(81)51(83)39(24)38-23(63(90)96-53)13-32(73)47(79)50(38)82)94-55-42-40-22(58(84)85)12-33(74)48(80)54(40)93-35-11-21(65)10-34(41(35)42)92-52(55)17-3-26(67)44(76)27(68)4-17/h2-14,37,53,56-57,64H,15H2,1H3,(H19-,65,66,67,68,69,70,71,72,73,74,75,76,77,78,79,80,81,82,83,84,85,86,87,88,89,90)/p+1/t37?,53-,56+,57?,64+/m1/s1. The smallest absolute Gasteiger partial charge is 0.403 e. The lowest BCUT2D eigenvalue weighted by Crippen LogP contribution is -2.63. The molecule has 20 N–H and O–H groups in total. The number of fused-ring (bicyclic) bond motifs is 6. The summed E-state index contributed by atoms with van der Waals surface area (Å²) in [6.07, 6.45) is -12.9. The number of carboxylic acids is 1. The van der Waals surface area contributed by atoms with Crippen LogP contribution in [0.3, 0.4) is 0 Å². The first kappa shape index (κ1) is 64.8. The Kier molecular flexibility index (Phi) is 15.5. The summed E-state index contributed by atoms with van der Waals surface area (Å²) in [5.41, 5.74) is -10.9. The Morgan fingerprint density at radius 1 is 0.485 bits per heavy atom. The van der Waals surface area contributed by atoms with E-state index in [1.807, 2.05) is 0 Å². The highest BCUT2D eigenvalue weighted by Gasteiger charge is 2.56. The van der Waals surface area contributed by atoms with E-state index in [1.54, 1.807) is 0 Å². The fraction of sp³-hybridized carbons (Fsp3) is 0.109. The molecule has 9 aromatic rings. The third-order valence-corrected chi connectivity index (χ3v) is 15.7. The van der Waals surface area contributed by atoms with Gasteiger partial charge in [-0.15, -0.1) is 0 Å². The second kappa shape index (κ2) is 23.6. The maximum atomic E-state index is 15.3. The molecule has 1 fully saturated rings. The number of hydrogen-bond acceptors (Lipinski definition) is 33. The molecule has 0 radical (unpaired) electrons. The Hall–Kier alpha value is -14.3. The van der Waals surface area contributed by atoms with E-state index in [4.69, 9.17) is 42.3 Å². The van der Waals surface area contributed by atoms with Crippen LogP contribution in [0.1, 0.15) is 67.7 Å². The molecule has 3 aliphatic heterocycles. The van der Waals surface area contributed by atoms with Gasteiger partial charge >= 0.3 is 47.2 Å². The molecule has 2 unspecified atom stereocenters. The van der Waals surface area contributed by atoms with Gasteiger partial charge in [0.25, 0.3) is 0 Å². The molecule has 3 aliphatic rings. The van der Waals surface area contributed by atoms with E-state index in [1.165, 1.54) is 6.92 Å². The number of esters is 5. The molecular weight excluding hydrogens is 1330 g/mol. The Labute approximate surface area is 546 Å². The second-order valence-electron chi connectivity index (χ2n) is 21.9. The predicted octanol–water partition coefficient (Wildman–Crippen LogP) is 6.75. The van der Waals surface area contributed by atoms with Crippen molar-refractivity contribution in [3.05, 3.63) is 118 Å². The number of carbonyl (C=O) groups excluding carboxylic acids is 5. The van der Waals surface area contributed by atoms with Gasteiger partial charge in [-0.2, -0.15) is 0 Å². The number of rotatable bonds is 10. The maximum absolute atomic E-state index is 15.3. The number of hydrogen-bond donors (Lipinski definition) is 20. The summed E-state index contributed by atoms with van der Waals surface area (Å²) in [6.45, 7) is -0.262. The highest BCUT2D eigenvalue weighted by atomic mass is 16.7. The quantitative estimate of drug-likeness (QED) is 0.0291. The summed E-state index contributed by atoms with van der Waals surface area (Å²) in [5, 5.41) is 217. The van der Waals surface area contributed by atoms with Crippen LogP contribution in [-0.4, -0.2) is 175 Å². The zero-order chi connectivity index (χ0) is 71.6. The number of phenols is 19. The molecule has 35 nitrogen and oxygen atoms in total. The molecule has 12 rings (SSSR count). The van der Waals surface area contributed by atoms with Crippen LogP contribution >= 0.6 is 0 Å². The molecule has 8 aromatic carbocycles. The summed E-state index contributed by atoms with van der Waals surface area (Å²) < 4.78 is 53.1. The average molecular weight is 1370 g/mol. The first-order valence-corrected chi connectivity index (χ1v) is 27.9. The lowest BCUT2D eigenvalue weighted by atomic mass is 9.90. The van der Waals surface area contributed by atoms with Crippen LogP contribution in [0.25, 0.3) is 44.5 Å². The van der Waals surface area contributed by atoms with Crippen molar-refractivity contribution in [1.29, 1.82) is 0 Å². The van der Waals surface area contributed by atoms with Crippen molar-refractivity contribution < 1.29 is 173 Å². The fourth-order valence-electron chi connectivity index (χ4n) is 11.0. The van der Waals surface area contributed by atoms with Crippen LogP contribution in [0.5, 0.6) is 132 Å². The van der Waals surface area contributed by atoms with E-state index in [2.05, 4.69) is 0 Å². The summed E-state index contributed by atoms with van der Waals surface area (Å²) >= 11 is 0. The van der Waals surface area contributed by atoms with Crippen LogP contribution < -0.4 is 9.47 Å². The van der Waals surface area contributed by atoms with E-state index in [0.717, 1.165) is 30.3 Å². The molecular formula is C64H43O35+. The van der Waals surface area contributed by atoms with Crippen molar-refractivity contribution in [3.8, 4) is 166 Å². The topological polar surface area (TPSA) is 592 Å². The van der Waals surface area contributed by atoms with Gasteiger partial charge in [-0.1, -0.05) is 0 Å². The van der Waals surface area contributed by atoms with Crippen LogP contribution in [0.2, 0.25) is 0 Å². The lowest BCUT2D eigenvalue weighted by molar-refractivity contribution is -0.282. The number of cyclic esters (lactones) is 1. The molecule has 4 heterocycles. The summed E-state index contributed by atoms with van der Waals surface area (Å²) in [5.74, 6) is -37.8. The molecule has 1 saturated heterocycles. The van der Waals surface area contributed by atoms with Gasteiger partial charge < -0.3 is 140 Å². The van der Waals surface area contributed by atoms with Crippen molar-refractivity contribution in [2.45, 2.75) is 37.6 Å². The van der Waals surface area contributed by atoms with Gasteiger partial charge in [0, 0.05) is 41.0 Å². The van der Waals surface area contributed by atoms with Crippen molar-refractivity contribution in [1.82, 2.24) is 0 Å². The van der Waals surface area contributed by atoms with Crippen molar-refractivity contribution in [3.63, 3.8) is 0 Å². The molecule has 0 bridgehead atoms. The number of aromatic carboxylic acids is 1. The van der Waals surface area contributed by atoms with Crippen LogP contribution in [-0.2, 0) is 28.4 Å². The number of ether oxygens (including phenoxy) is 8.